The molecule has 0 bridgehead atoms. The summed E-state index contributed by atoms with van der Waals surface area (Å²) in [5.74, 6) is 1.93. The molecule has 3 rings (SSSR count). The van der Waals surface area contributed by atoms with Gasteiger partial charge in [-0.2, -0.15) is 0 Å². The summed E-state index contributed by atoms with van der Waals surface area (Å²) >= 11 is 0. The smallest absolute Gasteiger partial charge is 0.294 e. The molecule has 1 heterocycles. The summed E-state index contributed by atoms with van der Waals surface area (Å²) in [6, 6.07) is 16.7. The van der Waals surface area contributed by atoms with Gasteiger partial charge in [-0.25, -0.2) is 9.55 Å². The zero-order valence-electron chi connectivity index (χ0n) is 15.6. The van der Waals surface area contributed by atoms with Gasteiger partial charge in [0.25, 0.3) is 5.82 Å². The van der Waals surface area contributed by atoms with Crippen LogP contribution in [-0.4, -0.2) is 4.98 Å². The highest BCUT2D eigenvalue weighted by Gasteiger charge is 2.19. The summed E-state index contributed by atoms with van der Waals surface area (Å²) in [6.07, 6.45) is 0. The van der Waals surface area contributed by atoms with Crippen LogP contribution in [0.1, 0.15) is 39.1 Å². The molecule has 0 aliphatic carbocycles. The molecule has 2 aromatic carbocycles. The van der Waals surface area contributed by atoms with E-state index in [1.165, 1.54) is 11.1 Å². The van der Waals surface area contributed by atoms with Gasteiger partial charge in [0, 0.05) is 0 Å². The maximum absolute atomic E-state index is 6.03. The fourth-order valence-electron chi connectivity index (χ4n) is 2.95. The molecule has 0 atom stereocenters. The summed E-state index contributed by atoms with van der Waals surface area (Å²) in [5.41, 5.74) is 4.87. The van der Waals surface area contributed by atoms with Gasteiger partial charge in [-0.15, -0.1) is 0 Å². The van der Waals surface area contributed by atoms with Crippen molar-refractivity contribution in [1.29, 1.82) is 0 Å². The van der Waals surface area contributed by atoms with Crippen LogP contribution >= 0.6 is 0 Å². The van der Waals surface area contributed by atoms with E-state index >= 15 is 0 Å². The van der Waals surface area contributed by atoms with Gasteiger partial charge in [-0.3, -0.25) is 0 Å². The topological polar surface area (TPSA) is 28.9 Å². The molecule has 1 aromatic heterocycles. The van der Waals surface area contributed by atoms with Gasteiger partial charge in [0.2, 0.25) is 0 Å². The van der Waals surface area contributed by atoms with Crippen molar-refractivity contribution in [3.63, 3.8) is 0 Å². The molecule has 0 unspecified atom stereocenters. The van der Waals surface area contributed by atoms with E-state index in [1.54, 1.807) is 0 Å². The van der Waals surface area contributed by atoms with E-state index in [4.69, 9.17) is 4.74 Å². The van der Waals surface area contributed by atoms with Gasteiger partial charge in [0.05, 0.1) is 0 Å². The van der Waals surface area contributed by atoms with Crippen molar-refractivity contribution in [1.82, 2.24) is 4.98 Å². The molecule has 3 heteroatoms. The lowest BCUT2D eigenvalue weighted by atomic mass is 9.87. The van der Waals surface area contributed by atoms with Gasteiger partial charge in [0.1, 0.15) is 12.3 Å². The molecule has 0 radical (unpaired) electrons. The lowest BCUT2D eigenvalue weighted by molar-refractivity contribution is -0.672. The predicted molar refractivity (Wildman–Crippen MR) is 103 cm³/mol. The molecule has 3 aromatic rings. The van der Waals surface area contributed by atoms with Crippen LogP contribution in [0.3, 0.4) is 0 Å². The summed E-state index contributed by atoms with van der Waals surface area (Å²) in [6.45, 7) is 14.0. The second kappa shape index (κ2) is 6.75. The molecule has 3 nitrogen and oxygen atoms in total. The molecule has 0 aliphatic heterocycles. The first-order chi connectivity index (χ1) is 11.8. The zero-order valence-corrected chi connectivity index (χ0v) is 15.6. The van der Waals surface area contributed by atoms with E-state index < -0.39 is 0 Å². The van der Waals surface area contributed by atoms with Crippen LogP contribution in [0.25, 0.3) is 11.0 Å². The number of imidazole rings is 1. The number of nitrogens with one attached hydrogen (secondary N) is 1. The number of allylic oxidation sites excluding steroid dienone is 1. The third-order valence-corrected chi connectivity index (χ3v) is 4.32. The molecular weight excluding hydrogens is 308 g/mol. The third-order valence-electron chi connectivity index (χ3n) is 4.32. The molecule has 0 amide bonds. The maximum Gasteiger partial charge on any atom is 0.294 e. The van der Waals surface area contributed by atoms with Gasteiger partial charge in [-0.1, -0.05) is 51.6 Å². The van der Waals surface area contributed by atoms with Crippen LogP contribution in [0.4, 0.5) is 0 Å². The van der Waals surface area contributed by atoms with E-state index in [2.05, 4.69) is 67.2 Å². The van der Waals surface area contributed by atoms with Gasteiger partial charge >= 0.3 is 0 Å². The van der Waals surface area contributed by atoms with Crippen LogP contribution in [-0.2, 0) is 18.6 Å². The minimum Gasteiger partial charge on any atom is -0.481 e. The third kappa shape index (κ3) is 3.93. The van der Waals surface area contributed by atoms with E-state index in [9.17, 15) is 0 Å². The van der Waals surface area contributed by atoms with E-state index in [0.29, 0.717) is 6.61 Å². The number of aromatic nitrogens is 2. The number of aromatic amines is 1. The number of nitrogens with zero attached hydrogens (tertiary/aromatic N) is 1. The Balaban J connectivity index is 1.82. The van der Waals surface area contributed by atoms with Crippen LogP contribution in [0.15, 0.2) is 60.7 Å². The molecule has 0 aliphatic rings. The Morgan fingerprint density at radius 1 is 1.08 bits per heavy atom. The summed E-state index contributed by atoms with van der Waals surface area (Å²) < 4.78 is 8.27. The van der Waals surface area contributed by atoms with Crippen molar-refractivity contribution >= 4 is 11.0 Å². The monoisotopic (exact) mass is 335 g/mol. The second-order valence-electron chi connectivity index (χ2n) is 7.70. The minimum atomic E-state index is 0.153. The van der Waals surface area contributed by atoms with Crippen molar-refractivity contribution in [2.24, 2.45) is 0 Å². The Kier molecular flexibility index (Phi) is 4.67. The van der Waals surface area contributed by atoms with Gasteiger partial charge in [-0.05, 0) is 47.7 Å². The standard InChI is InChI=1S/C22H26N2O/c1-16(2)14-24-20-9-7-6-8-19(20)23-21(24)15-25-18-12-10-17(11-13-18)22(3,4)5/h6-13H,1,14-15H2,2-5H3/p+1. The first-order valence-electron chi connectivity index (χ1n) is 8.72. The first kappa shape index (κ1) is 17.3. The molecule has 1 N–H and O–H groups in total. The van der Waals surface area contributed by atoms with Crippen molar-refractivity contribution in [3.8, 4) is 5.75 Å². The molecular formula is C22H27N2O+. The van der Waals surface area contributed by atoms with E-state index in [1.807, 2.05) is 25.1 Å². The largest absolute Gasteiger partial charge is 0.481 e. The van der Waals surface area contributed by atoms with Crippen molar-refractivity contribution in [2.75, 3.05) is 0 Å². The fraction of sp³-hybridized carbons (Fsp3) is 0.318. The van der Waals surface area contributed by atoms with Crippen LogP contribution in [0.2, 0.25) is 0 Å². The highest BCUT2D eigenvalue weighted by Crippen LogP contribution is 2.24. The Labute approximate surface area is 150 Å². The first-order valence-corrected chi connectivity index (χ1v) is 8.72. The Bertz CT molecular complexity index is 883. The van der Waals surface area contributed by atoms with Crippen molar-refractivity contribution in [3.05, 3.63) is 72.1 Å². The molecule has 130 valence electrons. The van der Waals surface area contributed by atoms with Gasteiger partial charge in [0.15, 0.2) is 17.6 Å². The van der Waals surface area contributed by atoms with Crippen LogP contribution < -0.4 is 9.30 Å². The van der Waals surface area contributed by atoms with Crippen LogP contribution in [0.5, 0.6) is 5.75 Å². The lowest BCUT2D eigenvalue weighted by Gasteiger charge is -2.19. The number of fused-ring (bicyclic) bond motifs is 1. The quantitative estimate of drug-likeness (QED) is 0.521. The normalized spacial score (nSPS) is 11.7. The number of hydrogen-bond acceptors (Lipinski definition) is 1. The molecule has 25 heavy (non-hydrogen) atoms. The Hall–Kier alpha value is -2.55. The Morgan fingerprint density at radius 2 is 1.76 bits per heavy atom. The van der Waals surface area contributed by atoms with Gasteiger partial charge < -0.3 is 4.74 Å². The predicted octanol–water partition coefficient (Wildman–Crippen LogP) is 4.91. The number of para-hydroxylation sites is 2. The SMILES string of the molecule is C=C(C)C[n+]1c(COc2ccc(C(C)(C)C)cc2)[nH]c2ccccc21. The second-order valence-corrected chi connectivity index (χ2v) is 7.70. The number of H-pyrrole nitrogens is 1. The number of ether oxygens (including phenoxy) is 1. The highest BCUT2D eigenvalue weighted by molar-refractivity contribution is 5.71. The van der Waals surface area contributed by atoms with Crippen LogP contribution in [0, 0.1) is 0 Å². The average molecular weight is 335 g/mol. The Morgan fingerprint density at radius 3 is 2.40 bits per heavy atom. The van der Waals surface area contributed by atoms with E-state index in [0.717, 1.165) is 29.2 Å². The summed E-state index contributed by atoms with van der Waals surface area (Å²) in [7, 11) is 0. The zero-order chi connectivity index (χ0) is 18.0. The molecule has 0 fully saturated rings. The minimum absolute atomic E-state index is 0.153. The summed E-state index contributed by atoms with van der Waals surface area (Å²) in [4.78, 5) is 3.47. The van der Waals surface area contributed by atoms with E-state index in [-0.39, 0.29) is 5.41 Å². The fourth-order valence-corrected chi connectivity index (χ4v) is 2.95. The van der Waals surface area contributed by atoms with Crippen molar-refractivity contribution < 1.29 is 9.30 Å². The molecule has 0 saturated heterocycles. The maximum atomic E-state index is 6.03. The number of rotatable bonds is 5. The lowest BCUT2D eigenvalue weighted by Crippen LogP contribution is -2.38. The molecule has 0 saturated carbocycles. The number of hydrogen-bond donors (Lipinski definition) is 1. The molecule has 0 spiro atoms. The number of benzene rings is 2. The van der Waals surface area contributed by atoms with Crippen molar-refractivity contribution in [2.45, 2.75) is 46.3 Å². The average Bonchev–Trinajstić information content (AvgIpc) is 2.90. The summed E-state index contributed by atoms with van der Waals surface area (Å²) in [5, 5.41) is 0. The highest BCUT2D eigenvalue weighted by atomic mass is 16.5.